The van der Waals surface area contributed by atoms with Crippen molar-refractivity contribution in [2.75, 3.05) is 0 Å². The molecular weight excluding hydrogens is 328 g/mol. The van der Waals surface area contributed by atoms with Crippen molar-refractivity contribution < 1.29 is 0 Å². The minimum atomic E-state index is 1.09. The predicted octanol–water partition coefficient (Wildman–Crippen LogP) is 6.46. The van der Waals surface area contributed by atoms with Crippen molar-refractivity contribution in [2.24, 2.45) is 0 Å². The van der Waals surface area contributed by atoms with Gasteiger partial charge in [-0.1, -0.05) is 53.6 Å². The third kappa shape index (κ3) is 2.61. The summed E-state index contributed by atoms with van der Waals surface area (Å²) in [6, 6.07) is 26.0. The molecule has 0 bridgehead atoms. The van der Waals surface area contributed by atoms with E-state index >= 15 is 0 Å². The second-order valence-electron chi connectivity index (χ2n) is 7.17. The molecule has 0 fully saturated rings. The van der Waals surface area contributed by atoms with Gasteiger partial charge in [0.1, 0.15) is 0 Å². The molecule has 0 radical (unpaired) electrons. The van der Waals surface area contributed by atoms with E-state index < -0.39 is 0 Å². The average Bonchev–Trinajstić information content (AvgIpc) is 3.02. The smallest absolute Gasteiger partial charge is 0.0651 e. The molecule has 0 unspecified atom stereocenters. The quantitative estimate of drug-likeness (QED) is 0.358. The third-order valence-corrected chi connectivity index (χ3v) is 5.17. The van der Waals surface area contributed by atoms with Crippen LogP contribution >= 0.6 is 0 Å². The van der Waals surface area contributed by atoms with Gasteiger partial charge >= 0.3 is 0 Å². The standard InChI is InChI=1S/C25H20N2/c1-17-8-10-24-22(12-17)23-13-18(2)9-11-25(23)27(24)21-14-20(15-26-16-21)19-6-4-3-5-7-19/h3-16H,1-2H3. The van der Waals surface area contributed by atoms with E-state index in [4.69, 9.17) is 0 Å². The summed E-state index contributed by atoms with van der Waals surface area (Å²) in [5, 5.41) is 2.58. The Bertz CT molecular complexity index is 1220. The monoisotopic (exact) mass is 348 g/mol. The summed E-state index contributed by atoms with van der Waals surface area (Å²) in [4.78, 5) is 4.54. The van der Waals surface area contributed by atoms with Crippen molar-refractivity contribution in [3.05, 3.63) is 96.3 Å². The summed E-state index contributed by atoms with van der Waals surface area (Å²) in [5.41, 5.74) is 8.38. The maximum Gasteiger partial charge on any atom is 0.0651 e. The molecule has 5 aromatic rings. The molecule has 130 valence electrons. The van der Waals surface area contributed by atoms with E-state index in [9.17, 15) is 0 Å². The van der Waals surface area contributed by atoms with Crippen LogP contribution in [0.15, 0.2) is 85.2 Å². The number of aromatic nitrogens is 2. The van der Waals surface area contributed by atoms with Crippen LogP contribution in [0.25, 0.3) is 38.6 Å². The summed E-state index contributed by atoms with van der Waals surface area (Å²) in [5.74, 6) is 0. The molecule has 0 saturated carbocycles. The zero-order chi connectivity index (χ0) is 18.4. The normalized spacial score (nSPS) is 11.3. The second kappa shape index (κ2) is 6.10. The molecule has 0 N–H and O–H groups in total. The van der Waals surface area contributed by atoms with Crippen molar-refractivity contribution in [3.63, 3.8) is 0 Å². The first-order valence-electron chi connectivity index (χ1n) is 9.23. The molecular formula is C25H20N2. The fourth-order valence-corrected chi connectivity index (χ4v) is 3.87. The highest BCUT2D eigenvalue weighted by molar-refractivity contribution is 6.09. The highest BCUT2D eigenvalue weighted by Gasteiger charge is 2.13. The van der Waals surface area contributed by atoms with Crippen LogP contribution in [0.1, 0.15) is 11.1 Å². The van der Waals surface area contributed by atoms with Gasteiger partial charge in [0, 0.05) is 22.5 Å². The van der Waals surface area contributed by atoms with Gasteiger partial charge in [0.15, 0.2) is 0 Å². The number of benzene rings is 3. The molecule has 2 aromatic heterocycles. The molecule has 0 amide bonds. The van der Waals surface area contributed by atoms with Crippen molar-refractivity contribution in [3.8, 4) is 16.8 Å². The molecule has 27 heavy (non-hydrogen) atoms. The lowest BCUT2D eigenvalue weighted by Gasteiger charge is -2.10. The summed E-state index contributed by atoms with van der Waals surface area (Å²) >= 11 is 0. The van der Waals surface area contributed by atoms with Gasteiger partial charge < -0.3 is 4.57 Å². The van der Waals surface area contributed by atoms with Crippen LogP contribution in [0.2, 0.25) is 0 Å². The minimum Gasteiger partial charge on any atom is -0.308 e. The molecule has 2 nitrogen and oxygen atoms in total. The summed E-state index contributed by atoms with van der Waals surface area (Å²) in [7, 11) is 0. The van der Waals surface area contributed by atoms with E-state index in [2.05, 4.69) is 90.1 Å². The average molecular weight is 348 g/mol. The SMILES string of the molecule is Cc1ccc2c(c1)c1cc(C)ccc1n2-c1cncc(-c2ccccc2)c1. The fraction of sp³-hybridized carbons (Fsp3) is 0.0800. The van der Waals surface area contributed by atoms with Crippen molar-refractivity contribution in [1.29, 1.82) is 0 Å². The lowest BCUT2D eigenvalue weighted by atomic mass is 10.1. The van der Waals surface area contributed by atoms with Gasteiger partial charge in [-0.3, -0.25) is 4.98 Å². The van der Waals surface area contributed by atoms with E-state index in [1.54, 1.807) is 0 Å². The Balaban J connectivity index is 1.83. The molecule has 0 aliphatic heterocycles. The molecule has 0 spiro atoms. The minimum absolute atomic E-state index is 1.09. The van der Waals surface area contributed by atoms with Gasteiger partial charge in [-0.2, -0.15) is 0 Å². The van der Waals surface area contributed by atoms with Gasteiger partial charge in [-0.05, 0) is 49.7 Å². The van der Waals surface area contributed by atoms with Crippen LogP contribution in [-0.4, -0.2) is 9.55 Å². The first kappa shape index (κ1) is 15.8. The number of pyridine rings is 1. The Labute approximate surface area is 158 Å². The van der Waals surface area contributed by atoms with E-state index in [1.807, 2.05) is 18.5 Å². The molecule has 0 atom stereocenters. The van der Waals surface area contributed by atoms with Crippen LogP contribution in [0.4, 0.5) is 0 Å². The Morgan fingerprint density at radius 1 is 0.630 bits per heavy atom. The first-order valence-corrected chi connectivity index (χ1v) is 9.23. The van der Waals surface area contributed by atoms with Gasteiger partial charge in [-0.15, -0.1) is 0 Å². The first-order chi connectivity index (χ1) is 13.2. The fourth-order valence-electron chi connectivity index (χ4n) is 3.87. The molecule has 0 saturated heterocycles. The number of fused-ring (bicyclic) bond motifs is 3. The van der Waals surface area contributed by atoms with E-state index in [-0.39, 0.29) is 0 Å². The molecule has 0 aliphatic carbocycles. The Hall–Kier alpha value is -3.39. The van der Waals surface area contributed by atoms with E-state index in [0.29, 0.717) is 0 Å². The van der Waals surface area contributed by atoms with E-state index in [1.165, 1.54) is 38.5 Å². The van der Waals surface area contributed by atoms with Crippen LogP contribution in [-0.2, 0) is 0 Å². The molecule has 5 rings (SSSR count). The van der Waals surface area contributed by atoms with E-state index in [0.717, 1.165) is 11.3 Å². The van der Waals surface area contributed by atoms with Gasteiger partial charge in [0.2, 0.25) is 0 Å². The number of rotatable bonds is 2. The lowest BCUT2D eigenvalue weighted by Crippen LogP contribution is -1.95. The summed E-state index contributed by atoms with van der Waals surface area (Å²) < 4.78 is 2.32. The second-order valence-corrected chi connectivity index (χ2v) is 7.17. The van der Waals surface area contributed by atoms with Crippen LogP contribution < -0.4 is 0 Å². The van der Waals surface area contributed by atoms with Crippen LogP contribution in [0.3, 0.4) is 0 Å². The molecule has 3 aromatic carbocycles. The highest BCUT2D eigenvalue weighted by atomic mass is 15.0. The highest BCUT2D eigenvalue weighted by Crippen LogP contribution is 2.34. The zero-order valence-electron chi connectivity index (χ0n) is 15.5. The summed E-state index contributed by atoms with van der Waals surface area (Å²) in [6.45, 7) is 4.30. The van der Waals surface area contributed by atoms with Crippen molar-refractivity contribution >= 4 is 21.8 Å². The maximum absolute atomic E-state index is 4.54. The topological polar surface area (TPSA) is 17.8 Å². The molecule has 2 heterocycles. The van der Waals surface area contributed by atoms with Crippen LogP contribution in [0.5, 0.6) is 0 Å². The lowest BCUT2D eigenvalue weighted by molar-refractivity contribution is 1.14. The molecule has 2 heteroatoms. The third-order valence-electron chi connectivity index (χ3n) is 5.17. The van der Waals surface area contributed by atoms with Crippen molar-refractivity contribution in [1.82, 2.24) is 9.55 Å². The Morgan fingerprint density at radius 2 is 1.26 bits per heavy atom. The largest absolute Gasteiger partial charge is 0.308 e. The number of nitrogens with zero attached hydrogens (tertiary/aromatic N) is 2. The number of hydrogen-bond donors (Lipinski definition) is 0. The zero-order valence-corrected chi connectivity index (χ0v) is 15.5. The van der Waals surface area contributed by atoms with Gasteiger partial charge in [0.05, 0.1) is 22.9 Å². The Morgan fingerprint density at radius 3 is 1.89 bits per heavy atom. The predicted molar refractivity (Wildman–Crippen MR) is 113 cm³/mol. The Kier molecular flexibility index (Phi) is 3.58. The van der Waals surface area contributed by atoms with Crippen LogP contribution in [0, 0.1) is 13.8 Å². The molecule has 0 aliphatic rings. The summed E-state index contributed by atoms with van der Waals surface area (Å²) in [6.07, 6.45) is 3.88. The van der Waals surface area contributed by atoms with Gasteiger partial charge in [0.25, 0.3) is 0 Å². The number of hydrogen-bond acceptors (Lipinski definition) is 1. The van der Waals surface area contributed by atoms with Crippen molar-refractivity contribution in [2.45, 2.75) is 13.8 Å². The number of aryl methyl sites for hydroxylation is 2. The maximum atomic E-state index is 4.54. The van der Waals surface area contributed by atoms with Gasteiger partial charge in [-0.25, -0.2) is 0 Å².